The number of anilines is 1. The van der Waals surface area contributed by atoms with Crippen LogP contribution in [0, 0.1) is 6.92 Å². The zero-order chi connectivity index (χ0) is 17.1. The molecule has 3 heterocycles. The topological polar surface area (TPSA) is 67.2 Å². The van der Waals surface area contributed by atoms with E-state index in [1.54, 1.807) is 28.3 Å². The molecule has 0 aromatic carbocycles. The summed E-state index contributed by atoms with van der Waals surface area (Å²) in [4.78, 5) is 30.9. The molecule has 1 saturated heterocycles. The Morgan fingerprint density at radius 1 is 1.38 bits per heavy atom. The first-order valence-electron chi connectivity index (χ1n) is 8.24. The highest BCUT2D eigenvalue weighted by atomic mass is 32.1. The molecular formula is C17H22N4O2S. The molecule has 128 valence electrons. The molecule has 1 fully saturated rings. The van der Waals surface area contributed by atoms with Gasteiger partial charge in [-0.25, -0.2) is 4.98 Å². The van der Waals surface area contributed by atoms with E-state index >= 15 is 0 Å². The maximum Gasteiger partial charge on any atom is 0.293 e. The van der Waals surface area contributed by atoms with Gasteiger partial charge < -0.3 is 14.8 Å². The Bertz CT molecular complexity index is 775. The van der Waals surface area contributed by atoms with Crippen molar-refractivity contribution in [1.82, 2.24) is 14.9 Å². The number of aromatic nitrogens is 2. The quantitative estimate of drug-likeness (QED) is 0.920. The highest BCUT2D eigenvalue weighted by Gasteiger charge is 2.24. The van der Waals surface area contributed by atoms with E-state index in [1.807, 2.05) is 29.5 Å². The van der Waals surface area contributed by atoms with Crippen molar-refractivity contribution in [1.29, 1.82) is 0 Å². The van der Waals surface area contributed by atoms with Gasteiger partial charge in [0.05, 0.1) is 5.56 Å². The lowest BCUT2D eigenvalue weighted by Crippen LogP contribution is -2.46. The van der Waals surface area contributed by atoms with Gasteiger partial charge in [0, 0.05) is 43.4 Å². The minimum absolute atomic E-state index is 0.00150. The second-order valence-electron chi connectivity index (χ2n) is 6.05. The van der Waals surface area contributed by atoms with E-state index in [2.05, 4.69) is 10.3 Å². The van der Waals surface area contributed by atoms with Crippen molar-refractivity contribution in [2.75, 3.05) is 18.0 Å². The van der Waals surface area contributed by atoms with E-state index in [4.69, 9.17) is 0 Å². The van der Waals surface area contributed by atoms with Crippen molar-refractivity contribution in [3.8, 4) is 0 Å². The van der Waals surface area contributed by atoms with Gasteiger partial charge in [0.2, 0.25) is 0 Å². The van der Waals surface area contributed by atoms with E-state index in [0.717, 1.165) is 37.1 Å². The van der Waals surface area contributed by atoms with Crippen molar-refractivity contribution >= 4 is 23.1 Å². The summed E-state index contributed by atoms with van der Waals surface area (Å²) in [6.45, 7) is 5.99. The number of piperidine rings is 1. The number of aryl methyl sites for hydroxylation is 2. The predicted octanol–water partition coefficient (Wildman–Crippen LogP) is 2.03. The van der Waals surface area contributed by atoms with Crippen molar-refractivity contribution in [3.63, 3.8) is 0 Å². The lowest BCUT2D eigenvalue weighted by atomic mass is 10.0. The van der Waals surface area contributed by atoms with E-state index < -0.39 is 0 Å². The minimum atomic E-state index is -0.0450. The monoisotopic (exact) mass is 346 g/mol. The summed E-state index contributed by atoms with van der Waals surface area (Å²) in [5.74, 6) is 0.510. The number of carbonyl (C=O) groups is 1. The fraction of sp³-hybridized carbons (Fsp3) is 0.471. The lowest BCUT2D eigenvalue weighted by Gasteiger charge is -2.32. The summed E-state index contributed by atoms with van der Waals surface area (Å²) in [5.41, 5.74) is 1.73. The number of thiophene rings is 1. The van der Waals surface area contributed by atoms with Gasteiger partial charge in [0.1, 0.15) is 0 Å². The number of nitrogens with zero attached hydrogens (tertiary/aromatic N) is 3. The molecule has 0 unspecified atom stereocenters. The van der Waals surface area contributed by atoms with Gasteiger partial charge in [-0.3, -0.25) is 9.59 Å². The Hall–Kier alpha value is -2.15. The average Bonchev–Trinajstić information content (AvgIpc) is 3.02. The van der Waals surface area contributed by atoms with Gasteiger partial charge >= 0.3 is 0 Å². The minimum Gasteiger partial charge on any atom is -0.352 e. The third-order valence-electron chi connectivity index (χ3n) is 4.47. The Morgan fingerprint density at radius 2 is 2.12 bits per heavy atom. The average molecular weight is 346 g/mol. The van der Waals surface area contributed by atoms with Gasteiger partial charge in [-0.15, -0.1) is 0 Å². The first kappa shape index (κ1) is 16.7. The Balaban J connectivity index is 1.61. The number of hydrogen-bond acceptors (Lipinski definition) is 5. The van der Waals surface area contributed by atoms with E-state index in [9.17, 15) is 9.59 Å². The predicted molar refractivity (Wildman–Crippen MR) is 95.9 cm³/mol. The van der Waals surface area contributed by atoms with E-state index in [-0.39, 0.29) is 17.5 Å². The van der Waals surface area contributed by atoms with E-state index in [1.165, 1.54) is 0 Å². The molecule has 2 aromatic rings. The summed E-state index contributed by atoms with van der Waals surface area (Å²) in [6, 6.07) is 0.144. The molecule has 0 atom stereocenters. The molecule has 0 saturated carbocycles. The first-order chi connectivity index (χ1) is 11.6. The third kappa shape index (κ3) is 3.36. The van der Waals surface area contributed by atoms with Gasteiger partial charge in [-0.05, 0) is 37.6 Å². The van der Waals surface area contributed by atoms with Gasteiger partial charge in [0.25, 0.3) is 11.5 Å². The maximum atomic E-state index is 12.3. The molecule has 0 bridgehead atoms. The van der Waals surface area contributed by atoms with Crippen molar-refractivity contribution in [3.05, 3.63) is 44.6 Å². The second-order valence-corrected chi connectivity index (χ2v) is 6.79. The fourth-order valence-corrected chi connectivity index (χ4v) is 3.82. The van der Waals surface area contributed by atoms with Crippen LogP contribution in [-0.2, 0) is 6.54 Å². The zero-order valence-electron chi connectivity index (χ0n) is 14.0. The summed E-state index contributed by atoms with van der Waals surface area (Å²) in [5, 5.41) is 6.98. The molecular weight excluding hydrogens is 324 g/mol. The molecule has 1 aliphatic heterocycles. The molecule has 6 nitrogen and oxygen atoms in total. The Kier molecular flexibility index (Phi) is 4.99. The molecule has 1 amide bonds. The molecule has 24 heavy (non-hydrogen) atoms. The third-order valence-corrected chi connectivity index (χ3v) is 5.33. The molecule has 0 radical (unpaired) electrons. The second kappa shape index (κ2) is 7.17. The number of rotatable bonds is 4. The Morgan fingerprint density at radius 3 is 2.75 bits per heavy atom. The van der Waals surface area contributed by atoms with Crippen LogP contribution >= 0.6 is 11.3 Å². The largest absolute Gasteiger partial charge is 0.352 e. The maximum absolute atomic E-state index is 12.3. The summed E-state index contributed by atoms with van der Waals surface area (Å²) in [7, 11) is 0. The van der Waals surface area contributed by atoms with Gasteiger partial charge in [0.15, 0.2) is 5.82 Å². The summed E-state index contributed by atoms with van der Waals surface area (Å²) < 4.78 is 1.66. The van der Waals surface area contributed by atoms with Crippen LogP contribution < -0.4 is 15.8 Å². The van der Waals surface area contributed by atoms with Crippen molar-refractivity contribution < 1.29 is 4.79 Å². The van der Waals surface area contributed by atoms with Crippen molar-refractivity contribution in [2.45, 2.75) is 39.3 Å². The van der Waals surface area contributed by atoms with Crippen LogP contribution in [0.2, 0.25) is 0 Å². The highest BCUT2D eigenvalue weighted by molar-refractivity contribution is 7.08. The SMILES string of the molecule is CCn1ccnc(N2CCC(NC(=O)c3cscc3C)CC2)c1=O. The molecule has 0 aliphatic carbocycles. The van der Waals surface area contributed by atoms with Crippen LogP contribution in [0.4, 0.5) is 5.82 Å². The number of carbonyl (C=O) groups excluding carboxylic acids is 1. The number of hydrogen-bond donors (Lipinski definition) is 1. The smallest absolute Gasteiger partial charge is 0.293 e. The molecule has 1 N–H and O–H groups in total. The summed E-state index contributed by atoms with van der Waals surface area (Å²) in [6.07, 6.45) is 5.02. The molecule has 3 rings (SSSR count). The van der Waals surface area contributed by atoms with Crippen LogP contribution in [0.3, 0.4) is 0 Å². The Labute approximate surface area is 145 Å². The van der Waals surface area contributed by atoms with Crippen molar-refractivity contribution in [2.24, 2.45) is 0 Å². The van der Waals surface area contributed by atoms with Crippen LogP contribution in [0.15, 0.2) is 27.9 Å². The van der Waals surface area contributed by atoms with Crippen LogP contribution in [0.1, 0.15) is 35.7 Å². The van der Waals surface area contributed by atoms with Gasteiger partial charge in [-0.1, -0.05) is 0 Å². The molecule has 0 spiro atoms. The molecule has 1 aliphatic rings. The zero-order valence-corrected chi connectivity index (χ0v) is 14.8. The first-order valence-corrected chi connectivity index (χ1v) is 9.18. The fourth-order valence-electron chi connectivity index (χ4n) is 2.99. The van der Waals surface area contributed by atoms with Gasteiger partial charge in [-0.2, -0.15) is 11.3 Å². The number of amides is 1. The van der Waals surface area contributed by atoms with E-state index in [0.29, 0.717) is 12.4 Å². The highest BCUT2D eigenvalue weighted by Crippen LogP contribution is 2.17. The van der Waals surface area contributed by atoms with Crippen LogP contribution in [0.25, 0.3) is 0 Å². The van der Waals surface area contributed by atoms with Crippen LogP contribution in [-0.4, -0.2) is 34.6 Å². The lowest BCUT2D eigenvalue weighted by molar-refractivity contribution is 0.0931. The molecule has 2 aromatic heterocycles. The molecule has 7 heteroatoms. The van der Waals surface area contributed by atoms with Crippen LogP contribution in [0.5, 0.6) is 0 Å². The standard InChI is InChI=1S/C17H22N4O2S/c1-3-20-9-6-18-15(17(20)23)21-7-4-13(5-8-21)19-16(22)14-11-24-10-12(14)2/h6,9-11,13H,3-5,7-8H2,1-2H3,(H,19,22). The normalized spacial score (nSPS) is 15.5. The number of nitrogens with one attached hydrogen (secondary N) is 1. The summed E-state index contributed by atoms with van der Waals surface area (Å²) >= 11 is 1.54.